The summed E-state index contributed by atoms with van der Waals surface area (Å²) in [5.41, 5.74) is 0.0608. The largest absolute Gasteiger partial charge is 0.492 e. The maximum atomic E-state index is 9.33. The first kappa shape index (κ1) is 17.0. The molecule has 1 aromatic rings. The number of aliphatic hydroxyl groups is 3. The summed E-state index contributed by atoms with van der Waals surface area (Å²) in [6.45, 7) is 5.53. The van der Waals surface area contributed by atoms with Gasteiger partial charge in [-0.05, 0) is 23.5 Å². The van der Waals surface area contributed by atoms with Crippen LogP contribution >= 0.6 is 0 Å². The van der Waals surface area contributed by atoms with Crippen molar-refractivity contribution in [3.8, 4) is 5.75 Å². The van der Waals surface area contributed by atoms with Gasteiger partial charge in [0.15, 0.2) is 0 Å². The van der Waals surface area contributed by atoms with Gasteiger partial charge in [-0.2, -0.15) is 0 Å². The Bertz CT molecular complexity index is 402. The van der Waals surface area contributed by atoms with E-state index in [1.807, 2.05) is 24.3 Å². The zero-order chi connectivity index (χ0) is 15.2. The minimum Gasteiger partial charge on any atom is -0.492 e. The van der Waals surface area contributed by atoms with Crippen molar-refractivity contribution in [1.82, 2.24) is 0 Å². The highest BCUT2D eigenvalue weighted by molar-refractivity contribution is 5.38. The van der Waals surface area contributed by atoms with Gasteiger partial charge in [0, 0.05) is 0 Å². The Balaban J connectivity index is 2.94. The predicted molar refractivity (Wildman–Crippen MR) is 78.9 cm³/mol. The van der Waals surface area contributed by atoms with Crippen LogP contribution in [0.15, 0.2) is 24.3 Å². The van der Waals surface area contributed by atoms with Crippen molar-refractivity contribution in [1.29, 1.82) is 0 Å². The zero-order valence-electron chi connectivity index (χ0n) is 12.6. The molecule has 0 aliphatic heterocycles. The molecule has 0 radical (unpaired) electrons. The van der Waals surface area contributed by atoms with Crippen LogP contribution < -0.4 is 4.74 Å². The Morgan fingerprint density at radius 1 is 1.00 bits per heavy atom. The van der Waals surface area contributed by atoms with E-state index in [0.717, 1.165) is 17.7 Å². The lowest BCUT2D eigenvalue weighted by Crippen LogP contribution is -2.40. The average Bonchev–Trinajstić information content (AvgIpc) is 2.49. The highest BCUT2D eigenvalue weighted by atomic mass is 16.5. The first-order valence-electron chi connectivity index (χ1n) is 6.99. The van der Waals surface area contributed by atoms with E-state index in [-0.39, 0.29) is 31.8 Å². The molecule has 20 heavy (non-hydrogen) atoms. The Hall–Kier alpha value is -1.10. The molecule has 4 nitrogen and oxygen atoms in total. The summed E-state index contributed by atoms with van der Waals surface area (Å²) in [7, 11) is 0. The van der Waals surface area contributed by atoms with Gasteiger partial charge >= 0.3 is 0 Å². The summed E-state index contributed by atoms with van der Waals surface area (Å²) in [6.07, 6.45) is 0.971. The van der Waals surface area contributed by atoms with Crippen molar-refractivity contribution >= 4 is 0 Å². The van der Waals surface area contributed by atoms with E-state index in [9.17, 15) is 15.3 Å². The fourth-order valence-electron chi connectivity index (χ4n) is 1.86. The number of benzene rings is 1. The second-order valence-corrected chi connectivity index (χ2v) is 6.00. The van der Waals surface area contributed by atoms with Crippen molar-refractivity contribution in [2.45, 2.75) is 32.6 Å². The maximum absolute atomic E-state index is 9.33. The molecule has 4 heteroatoms. The lowest BCUT2D eigenvalue weighted by molar-refractivity contribution is -0.0262. The summed E-state index contributed by atoms with van der Waals surface area (Å²) in [6, 6.07) is 7.76. The van der Waals surface area contributed by atoms with E-state index in [1.165, 1.54) is 0 Å². The number of hydrogen-bond donors (Lipinski definition) is 3. The predicted octanol–water partition coefficient (Wildman–Crippen LogP) is 1.72. The fourth-order valence-corrected chi connectivity index (χ4v) is 1.86. The van der Waals surface area contributed by atoms with Crippen LogP contribution in [0.3, 0.4) is 0 Å². The summed E-state index contributed by atoms with van der Waals surface area (Å²) in [5.74, 6) is 0.735. The Morgan fingerprint density at radius 2 is 1.55 bits per heavy atom. The van der Waals surface area contributed by atoms with Crippen LogP contribution in [0.25, 0.3) is 0 Å². The third kappa shape index (κ3) is 3.72. The number of para-hydroxylation sites is 1. The van der Waals surface area contributed by atoms with Crippen molar-refractivity contribution in [2.24, 2.45) is 5.41 Å². The van der Waals surface area contributed by atoms with Crippen LogP contribution in [-0.4, -0.2) is 41.7 Å². The number of aliphatic hydroxyl groups excluding tert-OH is 3. The molecule has 0 amide bonds. The molecule has 1 rings (SSSR count). The smallest absolute Gasteiger partial charge is 0.123 e. The van der Waals surface area contributed by atoms with Crippen LogP contribution in [0.4, 0.5) is 0 Å². The van der Waals surface area contributed by atoms with Crippen molar-refractivity contribution < 1.29 is 20.1 Å². The average molecular weight is 282 g/mol. The molecule has 0 aliphatic carbocycles. The van der Waals surface area contributed by atoms with E-state index in [2.05, 4.69) is 20.8 Å². The van der Waals surface area contributed by atoms with Gasteiger partial charge in [-0.15, -0.1) is 0 Å². The first-order chi connectivity index (χ1) is 9.44. The molecule has 114 valence electrons. The lowest BCUT2D eigenvalue weighted by Gasteiger charge is -2.30. The Morgan fingerprint density at radius 3 is 2.05 bits per heavy atom. The van der Waals surface area contributed by atoms with Crippen LogP contribution in [0, 0.1) is 5.41 Å². The van der Waals surface area contributed by atoms with Gasteiger partial charge in [-0.1, -0.05) is 39.0 Å². The van der Waals surface area contributed by atoms with Gasteiger partial charge in [0.1, 0.15) is 12.4 Å². The van der Waals surface area contributed by atoms with Crippen molar-refractivity contribution in [3.05, 3.63) is 29.8 Å². The van der Waals surface area contributed by atoms with Crippen LogP contribution in [-0.2, 0) is 5.41 Å². The van der Waals surface area contributed by atoms with Crippen LogP contribution in [0.1, 0.15) is 32.8 Å². The summed E-state index contributed by atoms with van der Waals surface area (Å²) in [4.78, 5) is 0. The van der Waals surface area contributed by atoms with E-state index < -0.39 is 5.41 Å². The molecule has 0 unspecified atom stereocenters. The summed E-state index contributed by atoms with van der Waals surface area (Å²) < 4.78 is 5.78. The molecule has 0 aromatic heterocycles. The molecule has 0 aliphatic rings. The standard InChI is InChI=1S/C16H26O4/c1-4-15(2,3)13-7-5-6-8-14(13)20-12-16(9-17,10-18)11-19/h5-8,17-19H,4,9-12H2,1-3H3. The molecule has 0 spiro atoms. The number of rotatable bonds is 8. The Labute approximate surface area is 121 Å². The first-order valence-corrected chi connectivity index (χ1v) is 6.99. The molecular formula is C16H26O4. The second-order valence-electron chi connectivity index (χ2n) is 6.00. The van der Waals surface area contributed by atoms with Gasteiger partial charge in [0.25, 0.3) is 0 Å². The normalized spacial score (nSPS) is 12.5. The van der Waals surface area contributed by atoms with E-state index in [4.69, 9.17) is 4.74 Å². The van der Waals surface area contributed by atoms with E-state index >= 15 is 0 Å². The highest BCUT2D eigenvalue weighted by Crippen LogP contribution is 2.34. The fraction of sp³-hybridized carbons (Fsp3) is 0.625. The summed E-state index contributed by atoms with van der Waals surface area (Å²) in [5, 5.41) is 28.0. The molecule has 3 N–H and O–H groups in total. The number of ether oxygens (including phenoxy) is 1. The zero-order valence-corrected chi connectivity index (χ0v) is 12.6. The summed E-state index contributed by atoms with van der Waals surface area (Å²) >= 11 is 0. The van der Waals surface area contributed by atoms with Crippen molar-refractivity contribution in [3.63, 3.8) is 0 Å². The van der Waals surface area contributed by atoms with Gasteiger partial charge in [-0.3, -0.25) is 0 Å². The highest BCUT2D eigenvalue weighted by Gasteiger charge is 2.30. The minimum absolute atomic E-state index is 0.0170. The van der Waals surface area contributed by atoms with Crippen LogP contribution in [0.2, 0.25) is 0 Å². The van der Waals surface area contributed by atoms with Gasteiger partial charge < -0.3 is 20.1 Å². The maximum Gasteiger partial charge on any atom is 0.123 e. The second kappa shape index (κ2) is 7.07. The monoisotopic (exact) mass is 282 g/mol. The third-order valence-electron chi connectivity index (χ3n) is 4.04. The molecule has 1 aromatic carbocycles. The SMILES string of the molecule is CCC(C)(C)c1ccccc1OCC(CO)(CO)CO. The van der Waals surface area contributed by atoms with Gasteiger partial charge in [0.2, 0.25) is 0 Å². The molecule has 0 saturated carbocycles. The topological polar surface area (TPSA) is 69.9 Å². The molecule has 0 saturated heterocycles. The molecule has 0 heterocycles. The van der Waals surface area contributed by atoms with E-state index in [0.29, 0.717) is 0 Å². The quantitative estimate of drug-likeness (QED) is 0.679. The van der Waals surface area contributed by atoms with Gasteiger partial charge in [0.05, 0.1) is 25.2 Å². The number of hydrogen-bond acceptors (Lipinski definition) is 4. The molecular weight excluding hydrogens is 256 g/mol. The Kier molecular flexibility index (Phi) is 5.99. The van der Waals surface area contributed by atoms with Crippen LogP contribution in [0.5, 0.6) is 5.75 Å². The lowest BCUT2D eigenvalue weighted by atomic mass is 9.81. The molecule has 0 fully saturated rings. The van der Waals surface area contributed by atoms with E-state index in [1.54, 1.807) is 0 Å². The molecule has 0 bridgehead atoms. The van der Waals surface area contributed by atoms with Gasteiger partial charge in [-0.25, -0.2) is 0 Å². The minimum atomic E-state index is -1.01. The molecule has 0 atom stereocenters. The van der Waals surface area contributed by atoms with Crippen molar-refractivity contribution in [2.75, 3.05) is 26.4 Å². The third-order valence-corrected chi connectivity index (χ3v) is 4.04.